The van der Waals surface area contributed by atoms with E-state index in [9.17, 15) is 9.59 Å². The summed E-state index contributed by atoms with van der Waals surface area (Å²) in [5.74, 6) is -0.0974. The quantitative estimate of drug-likeness (QED) is 0.717. The summed E-state index contributed by atoms with van der Waals surface area (Å²) in [5.41, 5.74) is 0. The minimum Gasteiger partial charge on any atom is -0.355 e. The number of alkyl halides is 1. The monoisotopic (exact) mass is 264 g/mol. The lowest BCUT2D eigenvalue weighted by molar-refractivity contribution is -0.126. The van der Waals surface area contributed by atoms with Gasteiger partial charge in [0.25, 0.3) is 0 Å². The van der Waals surface area contributed by atoms with Crippen LogP contribution >= 0.6 is 15.9 Å². The van der Waals surface area contributed by atoms with Crippen molar-refractivity contribution >= 4 is 27.7 Å². The summed E-state index contributed by atoms with van der Waals surface area (Å²) in [6, 6.07) is 0. The second kappa shape index (κ2) is 6.81. The van der Waals surface area contributed by atoms with E-state index in [-0.39, 0.29) is 29.1 Å². The largest absolute Gasteiger partial charge is 0.355 e. The van der Waals surface area contributed by atoms with Gasteiger partial charge in [-0.15, -0.1) is 0 Å². The van der Waals surface area contributed by atoms with Crippen LogP contribution in [-0.2, 0) is 9.59 Å². The molecule has 0 aliphatic carbocycles. The van der Waals surface area contributed by atoms with Crippen LogP contribution in [0.25, 0.3) is 0 Å². The van der Waals surface area contributed by atoms with Crippen molar-refractivity contribution in [1.82, 2.24) is 10.6 Å². The summed E-state index contributed by atoms with van der Waals surface area (Å²) >= 11 is 3.25. The average Bonchev–Trinajstić information content (AvgIpc) is 2.13. The first-order valence-electron chi connectivity index (χ1n) is 4.67. The Morgan fingerprint density at radius 3 is 2.29 bits per heavy atom. The van der Waals surface area contributed by atoms with Crippen LogP contribution in [0.4, 0.5) is 0 Å². The lowest BCUT2D eigenvalue weighted by Crippen LogP contribution is -2.41. The fourth-order valence-electron chi connectivity index (χ4n) is 0.827. The van der Waals surface area contributed by atoms with Crippen LogP contribution in [0.2, 0.25) is 0 Å². The maximum atomic E-state index is 11.4. The molecule has 2 amide bonds. The Kier molecular flexibility index (Phi) is 6.53. The zero-order chi connectivity index (χ0) is 11.1. The molecule has 0 aromatic heterocycles. The van der Waals surface area contributed by atoms with E-state index >= 15 is 0 Å². The van der Waals surface area contributed by atoms with Crippen LogP contribution in [0.3, 0.4) is 0 Å². The summed E-state index contributed by atoms with van der Waals surface area (Å²) in [6.45, 7) is 6.33. The fourth-order valence-corrected chi connectivity index (χ4v) is 0.989. The van der Waals surface area contributed by atoms with Crippen LogP contribution in [-0.4, -0.2) is 29.7 Å². The minimum atomic E-state index is -0.239. The summed E-state index contributed by atoms with van der Waals surface area (Å²) < 4.78 is 0. The van der Waals surface area contributed by atoms with Gasteiger partial charge >= 0.3 is 0 Å². The van der Waals surface area contributed by atoms with E-state index < -0.39 is 0 Å². The van der Waals surface area contributed by atoms with Crippen molar-refractivity contribution in [1.29, 1.82) is 0 Å². The van der Waals surface area contributed by atoms with Crippen molar-refractivity contribution in [3.8, 4) is 0 Å². The first-order valence-corrected chi connectivity index (χ1v) is 5.59. The van der Waals surface area contributed by atoms with Crippen molar-refractivity contribution in [2.45, 2.75) is 25.6 Å². The third kappa shape index (κ3) is 5.21. The number of amides is 2. The normalized spacial score (nSPS) is 12.4. The Bertz CT molecular complexity index is 207. The topological polar surface area (TPSA) is 58.2 Å². The Hall–Kier alpha value is -0.580. The Labute approximate surface area is 92.9 Å². The van der Waals surface area contributed by atoms with Gasteiger partial charge in [0, 0.05) is 6.54 Å². The van der Waals surface area contributed by atoms with Crippen molar-refractivity contribution in [2.24, 2.45) is 5.92 Å². The zero-order valence-electron chi connectivity index (χ0n) is 8.76. The molecule has 4 nitrogen and oxygen atoms in total. The second-order valence-corrected chi connectivity index (χ2v) is 4.30. The lowest BCUT2D eigenvalue weighted by atomic mass is 10.1. The highest BCUT2D eigenvalue weighted by atomic mass is 79.9. The van der Waals surface area contributed by atoms with Crippen LogP contribution < -0.4 is 10.6 Å². The summed E-state index contributed by atoms with van der Waals surface area (Å²) in [7, 11) is 0. The molecule has 0 aliphatic heterocycles. The van der Waals surface area contributed by atoms with Gasteiger partial charge in [-0.1, -0.05) is 29.8 Å². The molecule has 0 fully saturated rings. The molecule has 0 aromatic carbocycles. The van der Waals surface area contributed by atoms with Crippen LogP contribution in [0, 0.1) is 5.92 Å². The van der Waals surface area contributed by atoms with E-state index in [1.54, 1.807) is 0 Å². The van der Waals surface area contributed by atoms with Crippen LogP contribution in [0.1, 0.15) is 20.8 Å². The molecule has 0 aromatic rings. The highest BCUT2D eigenvalue weighted by Crippen LogP contribution is 2.11. The standard InChI is InChI=1S/C9H17BrN2O2/c1-4-11-7(13)5-12-9(14)8(10)6(2)3/h6,8H,4-5H2,1-3H3,(H,11,13)(H,12,14). The number of halogens is 1. The van der Waals surface area contributed by atoms with Crippen molar-refractivity contribution in [3.05, 3.63) is 0 Å². The number of carbonyl (C=O) groups excluding carboxylic acids is 2. The van der Waals surface area contributed by atoms with E-state index in [1.165, 1.54) is 0 Å². The van der Waals surface area contributed by atoms with Gasteiger partial charge in [-0.3, -0.25) is 9.59 Å². The second-order valence-electron chi connectivity index (χ2n) is 3.32. The van der Waals surface area contributed by atoms with Gasteiger partial charge in [0.1, 0.15) is 0 Å². The smallest absolute Gasteiger partial charge is 0.239 e. The molecule has 14 heavy (non-hydrogen) atoms. The van der Waals surface area contributed by atoms with Gasteiger partial charge in [-0.25, -0.2) is 0 Å². The predicted octanol–water partition coefficient (Wildman–Crippen LogP) is 0.658. The molecule has 1 atom stereocenters. The molecule has 1 unspecified atom stereocenters. The van der Waals surface area contributed by atoms with E-state index in [1.807, 2.05) is 20.8 Å². The molecule has 0 radical (unpaired) electrons. The maximum Gasteiger partial charge on any atom is 0.239 e. The Morgan fingerprint density at radius 1 is 1.29 bits per heavy atom. The maximum absolute atomic E-state index is 11.4. The van der Waals surface area contributed by atoms with Crippen LogP contribution in [0.15, 0.2) is 0 Å². The highest BCUT2D eigenvalue weighted by Gasteiger charge is 2.18. The predicted molar refractivity (Wildman–Crippen MR) is 59.2 cm³/mol. The number of nitrogens with one attached hydrogen (secondary N) is 2. The molecule has 0 spiro atoms. The molecule has 0 heterocycles. The third-order valence-corrected chi connectivity index (χ3v) is 3.11. The molecule has 82 valence electrons. The van der Waals surface area contributed by atoms with E-state index in [0.29, 0.717) is 6.54 Å². The number of rotatable bonds is 5. The molecule has 5 heteroatoms. The van der Waals surface area contributed by atoms with Gasteiger partial charge in [0.2, 0.25) is 11.8 Å². The lowest BCUT2D eigenvalue weighted by Gasteiger charge is -2.13. The van der Waals surface area contributed by atoms with Gasteiger partial charge in [-0.2, -0.15) is 0 Å². The minimum absolute atomic E-state index is 0.0431. The molecule has 0 saturated carbocycles. The van der Waals surface area contributed by atoms with E-state index in [4.69, 9.17) is 0 Å². The highest BCUT2D eigenvalue weighted by molar-refractivity contribution is 9.10. The molecule has 0 aliphatic rings. The van der Waals surface area contributed by atoms with Crippen molar-refractivity contribution < 1.29 is 9.59 Å². The first-order chi connectivity index (χ1) is 6.49. The van der Waals surface area contributed by atoms with Gasteiger partial charge in [-0.05, 0) is 12.8 Å². The molecule has 0 rings (SSSR count). The van der Waals surface area contributed by atoms with Gasteiger partial charge in [0.15, 0.2) is 0 Å². The molecule has 0 bridgehead atoms. The van der Waals surface area contributed by atoms with Crippen molar-refractivity contribution in [2.75, 3.05) is 13.1 Å². The number of hydrogen-bond acceptors (Lipinski definition) is 2. The fraction of sp³-hybridized carbons (Fsp3) is 0.778. The Morgan fingerprint density at radius 2 is 1.86 bits per heavy atom. The van der Waals surface area contributed by atoms with E-state index in [2.05, 4.69) is 26.6 Å². The molecular weight excluding hydrogens is 248 g/mol. The molecular formula is C9H17BrN2O2. The average molecular weight is 265 g/mol. The number of likely N-dealkylation sites (N-methyl/N-ethyl adjacent to an activating group) is 1. The van der Waals surface area contributed by atoms with Crippen LogP contribution in [0.5, 0.6) is 0 Å². The third-order valence-electron chi connectivity index (χ3n) is 1.63. The summed E-state index contributed by atoms with van der Waals surface area (Å²) in [4.78, 5) is 22.1. The Balaban J connectivity index is 3.79. The first kappa shape index (κ1) is 13.4. The number of hydrogen-bond donors (Lipinski definition) is 2. The van der Waals surface area contributed by atoms with Gasteiger partial charge in [0.05, 0.1) is 11.4 Å². The summed E-state index contributed by atoms with van der Waals surface area (Å²) in [5, 5.41) is 5.15. The summed E-state index contributed by atoms with van der Waals surface area (Å²) in [6.07, 6.45) is 0. The van der Waals surface area contributed by atoms with Crippen molar-refractivity contribution in [3.63, 3.8) is 0 Å². The zero-order valence-corrected chi connectivity index (χ0v) is 10.3. The molecule has 2 N–H and O–H groups in total. The number of carbonyl (C=O) groups is 2. The SMILES string of the molecule is CCNC(=O)CNC(=O)C(Br)C(C)C. The molecule has 0 saturated heterocycles. The van der Waals surface area contributed by atoms with E-state index in [0.717, 1.165) is 0 Å². The van der Waals surface area contributed by atoms with Gasteiger partial charge < -0.3 is 10.6 Å².